The van der Waals surface area contributed by atoms with Gasteiger partial charge in [-0.2, -0.15) is 20.9 Å². The topological polar surface area (TPSA) is 87.0 Å². The summed E-state index contributed by atoms with van der Waals surface area (Å²) in [7, 11) is 3.34. The summed E-state index contributed by atoms with van der Waals surface area (Å²) < 4.78 is 0. The van der Waals surface area contributed by atoms with E-state index in [0.29, 0.717) is 0 Å². The van der Waals surface area contributed by atoms with Crippen molar-refractivity contribution >= 4 is 6.21 Å². The lowest BCUT2D eigenvalue weighted by molar-refractivity contribution is 0.440. The molecule has 0 aliphatic carbocycles. The molecule has 0 fully saturated rings. The Hall–Kier alpha value is -2.32. The predicted octanol–water partition coefficient (Wildman–Crippen LogP) is 0.401. The van der Waals surface area contributed by atoms with Crippen LogP contribution in [0.15, 0.2) is 16.2 Å². The second-order valence-electron chi connectivity index (χ2n) is 2.22. The van der Waals surface area contributed by atoms with Crippen molar-refractivity contribution in [3.05, 3.63) is 11.1 Å². The van der Waals surface area contributed by atoms with E-state index in [2.05, 4.69) is 5.10 Å². The second kappa shape index (κ2) is 5.35. The van der Waals surface area contributed by atoms with Gasteiger partial charge in [-0.25, -0.2) is 0 Å². The molecule has 0 aromatic carbocycles. The number of allylic oxidation sites excluding steroid dienone is 2. The first kappa shape index (κ1) is 10.7. The third-order valence-corrected chi connectivity index (χ3v) is 1.03. The quantitative estimate of drug-likeness (QED) is 0.343. The van der Waals surface area contributed by atoms with Crippen molar-refractivity contribution < 1.29 is 0 Å². The van der Waals surface area contributed by atoms with Crippen LogP contribution in [0.25, 0.3) is 0 Å². The van der Waals surface area contributed by atoms with Gasteiger partial charge in [0, 0.05) is 14.1 Å². The minimum absolute atomic E-state index is 0.0290. The summed E-state index contributed by atoms with van der Waals surface area (Å²) >= 11 is 0. The van der Waals surface area contributed by atoms with Crippen LogP contribution in [0.5, 0.6) is 0 Å². The Balaban J connectivity index is 4.97. The van der Waals surface area contributed by atoms with E-state index in [4.69, 9.17) is 15.8 Å². The lowest BCUT2D eigenvalue weighted by Crippen LogP contribution is -2.02. The SMILES string of the molecule is CN(C)N=CC(C#N)=C(C#N)C#N. The number of hydrogen-bond acceptors (Lipinski definition) is 5. The Morgan fingerprint density at radius 2 is 1.69 bits per heavy atom. The number of nitrogens with zero attached hydrogens (tertiary/aromatic N) is 5. The van der Waals surface area contributed by atoms with Crippen molar-refractivity contribution in [2.75, 3.05) is 14.1 Å². The summed E-state index contributed by atoms with van der Waals surface area (Å²) in [6.45, 7) is 0. The molecule has 5 nitrogen and oxygen atoms in total. The molecule has 64 valence electrons. The summed E-state index contributed by atoms with van der Waals surface area (Å²) in [5, 5.41) is 30.6. The number of nitriles is 3. The lowest BCUT2D eigenvalue weighted by Gasteiger charge is -2.00. The maximum Gasteiger partial charge on any atom is 0.149 e. The molecule has 0 amide bonds. The molecule has 5 heteroatoms. The zero-order chi connectivity index (χ0) is 10.3. The zero-order valence-electron chi connectivity index (χ0n) is 7.31. The van der Waals surface area contributed by atoms with E-state index in [0.717, 1.165) is 0 Å². The van der Waals surface area contributed by atoms with Gasteiger partial charge in [0.15, 0.2) is 0 Å². The minimum Gasteiger partial charge on any atom is -0.303 e. The van der Waals surface area contributed by atoms with Gasteiger partial charge in [0.1, 0.15) is 29.4 Å². The molecule has 0 aliphatic rings. The summed E-state index contributed by atoms with van der Waals surface area (Å²) in [6, 6.07) is 4.94. The van der Waals surface area contributed by atoms with Gasteiger partial charge in [-0.05, 0) is 0 Å². The van der Waals surface area contributed by atoms with Crippen molar-refractivity contribution in [2.45, 2.75) is 0 Å². The molecule has 0 saturated heterocycles. The summed E-state index contributed by atoms with van der Waals surface area (Å²) in [6.07, 6.45) is 1.18. The highest BCUT2D eigenvalue weighted by molar-refractivity contribution is 5.87. The highest BCUT2D eigenvalue weighted by atomic mass is 15.4. The first-order valence-corrected chi connectivity index (χ1v) is 3.31. The van der Waals surface area contributed by atoms with E-state index < -0.39 is 0 Å². The molecule has 0 rings (SSSR count). The molecule has 0 radical (unpaired) electrons. The summed E-state index contributed by atoms with van der Waals surface area (Å²) in [5.74, 6) is 0. The first-order valence-electron chi connectivity index (χ1n) is 3.31. The van der Waals surface area contributed by atoms with Crippen LogP contribution in [0.1, 0.15) is 0 Å². The average Bonchev–Trinajstić information content (AvgIpc) is 2.11. The van der Waals surface area contributed by atoms with Crippen LogP contribution in [-0.4, -0.2) is 25.3 Å². The Kier molecular flexibility index (Phi) is 4.39. The molecule has 0 aromatic heterocycles. The molecule has 0 unspecified atom stereocenters. The van der Waals surface area contributed by atoms with E-state index in [9.17, 15) is 0 Å². The van der Waals surface area contributed by atoms with Gasteiger partial charge < -0.3 is 5.01 Å². The highest BCUT2D eigenvalue weighted by Crippen LogP contribution is 1.98. The lowest BCUT2D eigenvalue weighted by atomic mass is 10.2. The van der Waals surface area contributed by atoms with Crippen LogP contribution in [0.3, 0.4) is 0 Å². The van der Waals surface area contributed by atoms with E-state index >= 15 is 0 Å². The first-order chi connectivity index (χ1) is 6.15. The molecule has 0 aliphatic heterocycles. The Morgan fingerprint density at radius 1 is 1.15 bits per heavy atom. The number of rotatable bonds is 2. The van der Waals surface area contributed by atoms with Crippen LogP contribution in [0.4, 0.5) is 0 Å². The molecular formula is C8H7N5. The monoisotopic (exact) mass is 173 g/mol. The Bertz CT molecular complexity index is 339. The number of hydrogen-bond donors (Lipinski definition) is 0. The van der Waals surface area contributed by atoms with Crippen molar-refractivity contribution in [3.8, 4) is 18.2 Å². The van der Waals surface area contributed by atoms with Crippen LogP contribution in [0.2, 0.25) is 0 Å². The fraction of sp³-hybridized carbons (Fsp3) is 0.250. The van der Waals surface area contributed by atoms with Crippen LogP contribution in [0, 0.1) is 34.0 Å². The van der Waals surface area contributed by atoms with Crippen molar-refractivity contribution in [1.29, 1.82) is 15.8 Å². The normalized spacial score (nSPS) is 8.23. The zero-order valence-corrected chi connectivity index (χ0v) is 7.31. The van der Waals surface area contributed by atoms with Gasteiger partial charge in [-0.15, -0.1) is 0 Å². The second-order valence-corrected chi connectivity index (χ2v) is 2.22. The summed E-state index contributed by atoms with van der Waals surface area (Å²) in [5.41, 5.74) is -0.258. The number of hydrazone groups is 1. The van der Waals surface area contributed by atoms with Gasteiger partial charge in [0.05, 0.1) is 6.21 Å². The largest absolute Gasteiger partial charge is 0.303 e. The van der Waals surface area contributed by atoms with E-state index in [-0.39, 0.29) is 11.1 Å². The molecule has 0 atom stereocenters. The Labute approximate surface area is 76.4 Å². The third kappa shape index (κ3) is 3.55. The van der Waals surface area contributed by atoms with Crippen molar-refractivity contribution in [3.63, 3.8) is 0 Å². The standard InChI is InChI=1S/C8H7N5/c1-13(2)12-6-8(5-11)7(3-9)4-10/h6H,1-2H3. The van der Waals surface area contributed by atoms with Gasteiger partial charge in [0.25, 0.3) is 0 Å². The molecule has 0 saturated carbocycles. The van der Waals surface area contributed by atoms with E-state index in [1.165, 1.54) is 11.2 Å². The fourth-order valence-electron chi connectivity index (χ4n) is 0.468. The van der Waals surface area contributed by atoms with Crippen LogP contribution >= 0.6 is 0 Å². The molecular weight excluding hydrogens is 166 g/mol. The minimum atomic E-state index is -0.229. The average molecular weight is 173 g/mol. The maximum atomic E-state index is 8.55. The Morgan fingerprint density at radius 3 is 2.00 bits per heavy atom. The molecule has 0 spiro atoms. The van der Waals surface area contributed by atoms with Gasteiger partial charge in [-0.3, -0.25) is 0 Å². The molecule has 0 N–H and O–H groups in total. The molecule has 0 bridgehead atoms. The van der Waals surface area contributed by atoms with E-state index in [1.807, 2.05) is 0 Å². The van der Waals surface area contributed by atoms with Crippen LogP contribution < -0.4 is 0 Å². The van der Waals surface area contributed by atoms with Gasteiger partial charge in [-0.1, -0.05) is 0 Å². The fourth-order valence-corrected chi connectivity index (χ4v) is 0.468. The van der Waals surface area contributed by atoms with Gasteiger partial charge in [0.2, 0.25) is 0 Å². The van der Waals surface area contributed by atoms with Gasteiger partial charge >= 0.3 is 0 Å². The highest BCUT2D eigenvalue weighted by Gasteiger charge is 2.01. The third-order valence-electron chi connectivity index (χ3n) is 1.03. The molecule has 0 aromatic rings. The summed E-state index contributed by atoms with van der Waals surface area (Å²) in [4.78, 5) is 0. The van der Waals surface area contributed by atoms with Crippen LogP contribution in [-0.2, 0) is 0 Å². The predicted molar refractivity (Wildman–Crippen MR) is 46.0 cm³/mol. The van der Waals surface area contributed by atoms with Crippen molar-refractivity contribution in [2.24, 2.45) is 5.10 Å². The van der Waals surface area contributed by atoms with Crippen molar-refractivity contribution in [1.82, 2.24) is 5.01 Å². The molecule has 13 heavy (non-hydrogen) atoms. The molecule has 0 heterocycles. The maximum absolute atomic E-state index is 8.55. The smallest absolute Gasteiger partial charge is 0.149 e. The van der Waals surface area contributed by atoms with E-state index in [1.54, 1.807) is 32.3 Å².